The average molecular weight is 369 g/mol. The minimum Gasteiger partial charge on any atom is -0.398 e. The largest absolute Gasteiger partial charge is 0.398 e. The van der Waals surface area contributed by atoms with E-state index in [2.05, 4.69) is 20.7 Å². The van der Waals surface area contributed by atoms with Crippen molar-refractivity contribution in [1.82, 2.24) is 4.72 Å². The third-order valence-corrected chi connectivity index (χ3v) is 4.82. The molecule has 1 saturated heterocycles. The first-order chi connectivity index (χ1) is 9.40. The Morgan fingerprint density at radius 2 is 2.20 bits per heavy atom. The van der Waals surface area contributed by atoms with Gasteiger partial charge in [0, 0.05) is 6.54 Å². The number of nitrogens with one attached hydrogen (secondary N) is 1. The monoisotopic (exact) mass is 368 g/mol. The van der Waals surface area contributed by atoms with Crippen molar-refractivity contribution < 1.29 is 22.3 Å². The molecule has 1 fully saturated rings. The zero-order chi connectivity index (χ0) is 14.8. The van der Waals surface area contributed by atoms with Crippen LogP contribution < -0.4 is 10.5 Å². The average Bonchev–Trinajstić information content (AvgIpc) is 2.42. The summed E-state index contributed by atoms with van der Waals surface area (Å²) in [6.45, 7) is 1.32. The van der Waals surface area contributed by atoms with E-state index in [-0.39, 0.29) is 27.7 Å². The Labute approximate surface area is 124 Å². The number of hydrogen-bond acceptors (Lipinski definition) is 5. The van der Waals surface area contributed by atoms with Gasteiger partial charge in [-0.2, -0.15) is 0 Å². The zero-order valence-electron chi connectivity index (χ0n) is 10.4. The van der Waals surface area contributed by atoms with Gasteiger partial charge in [-0.25, -0.2) is 17.5 Å². The zero-order valence-corrected chi connectivity index (χ0v) is 12.8. The molecule has 1 aromatic rings. The van der Waals surface area contributed by atoms with Gasteiger partial charge in [-0.05, 0) is 28.1 Å². The molecule has 3 N–H and O–H groups in total. The van der Waals surface area contributed by atoms with E-state index in [1.807, 2.05) is 0 Å². The lowest BCUT2D eigenvalue weighted by molar-refractivity contribution is -0.0846. The third-order valence-electron chi connectivity index (χ3n) is 2.73. The smallest absolute Gasteiger partial charge is 0.242 e. The van der Waals surface area contributed by atoms with Gasteiger partial charge >= 0.3 is 0 Å². The fourth-order valence-electron chi connectivity index (χ4n) is 1.71. The van der Waals surface area contributed by atoms with Crippen LogP contribution in [0.2, 0.25) is 0 Å². The van der Waals surface area contributed by atoms with Crippen LogP contribution in [0.15, 0.2) is 21.5 Å². The van der Waals surface area contributed by atoms with Crippen molar-refractivity contribution in [3.63, 3.8) is 0 Å². The van der Waals surface area contributed by atoms with Crippen molar-refractivity contribution in [2.45, 2.75) is 11.0 Å². The molecule has 20 heavy (non-hydrogen) atoms. The maximum absolute atomic E-state index is 13.2. The minimum absolute atomic E-state index is 0.0318. The molecular weight excluding hydrogens is 355 g/mol. The molecule has 2 rings (SSSR count). The summed E-state index contributed by atoms with van der Waals surface area (Å²) in [6.07, 6.45) is -0.344. The van der Waals surface area contributed by atoms with E-state index in [0.29, 0.717) is 19.8 Å². The molecule has 1 aliphatic rings. The quantitative estimate of drug-likeness (QED) is 0.769. The molecule has 0 aliphatic carbocycles. The Hall–Kier alpha value is -0.740. The number of rotatable bonds is 4. The number of nitrogen functional groups attached to an aromatic ring is 1. The van der Waals surface area contributed by atoms with Crippen molar-refractivity contribution in [2.75, 3.05) is 32.1 Å². The van der Waals surface area contributed by atoms with E-state index in [1.54, 1.807) is 0 Å². The molecule has 0 bridgehead atoms. The number of ether oxygens (including phenoxy) is 2. The molecule has 1 atom stereocenters. The summed E-state index contributed by atoms with van der Waals surface area (Å²) in [6, 6.07) is 2.09. The van der Waals surface area contributed by atoms with Gasteiger partial charge in [0.2, 0.25) is 10.0 Å². The van der Waals surface area contributed by atoms with Crippen molar-refractivity contribution in [2.24, 2.45) is 0 Å². The van der Waals surface area contributed by atoms with Gasteiger partial charge in [-0.1, -0.05) is 0 Å². The number of benzene rings is 1. The second kappa shape index (κ2) is 6.35. The molecule has 1 unspecified atom stereocenters. The first-order valence-corrected chi connectivity index (χ1v) is 8.11. The highest BCUT2D eigenvalue weighted by Gasteiger charge is 2.22. The topological polar surface area (TPSA) is 90.7 Å². The molecule has 1 aromatic carbocycles. The summed E-state index contributed by atoms with van der Waals surface area (Å²) in [5.41, 5.74) is 5.40. The van der Waals surface area contributed by atoms with Crippen LogP contribution in [0.5, 0.6) is 0 Å². The van der Waals surface area contributed by atoms with E-state index >= 15 is 0 Å². The van der Waals surface area contributed by atoms with Gasteiger partial charge in [0.15, 0.2) is 0 Å². The number of hydrogen-bond donors (Lipinski definition) is 2. The standard InChI is InChI=1S/C11H14BrFN2O4S/c12-8-3-11(10(14)4-9(8)13)20(16,17)15-5-7-6-18-1-2-19-7/h3-4,7,15H,1-2,5-6,14H2. The van der Waals surface area contributed by atoms with Crippen molar-refractivity contribution in [3.05, 3.63) is 22.4 Å². The van der Waals surface area contributed by atoms with Crippen molar-refractivity contribution >= 4 is 31.6 Å². The summed E-state index contributed by atoms with van der Waals surface area (Å²) in [7, 11) is -3.84. The van der Waals surface area contributed by atoms with Crippen LogP contribution in [0, 0.1) is 5.82 Å². The Bertz CT molecular complexity index is 590. The predicted octanol–water partition coefficient (Wildman–Crippen LogP) is 0.864. The highest BCUT2D eigenvalue weighted by molar-refractivity contribution is 9.10. The fraction of sp³-hybridized carbons (Fsp3) is 0.455. The lowest BCUT2D eigenvalue weighted by Gasteiger charge is -2.23. The van der Waals surface area contributed by atoms with Crippen molar-refractivity contribution in [3.8, 4) is 0 Å². The molecule has 0 amide bonds. The van der Waals surface area contributed by atoms with Crippen LogP contribution in [0.25, 0.3) is 0 Å². The number of sulfonamides is 1. The Balaban J connectivity index is 2.11. The maximum atomic E-state index is 13.2. The molecule has 0 aromatic heterocycles. The molecule has 9 heteroatoms. The summed E-state index contributed by atoms with van der Waals surface area (Å²) in [5.74, 6) is -0.620. The highest BCUT2D eigenvalue weighted by Crippen LogP contribution is 2.26. The lowest BCUT2D eigenvalue weighted by Crippen LogP contribution is -2.39. The SMILES string of the molecule is Nc1cc(F)c(Br)cc1S(=O)(=O)NCC1COCCO1. The van der Waals surface area contributed by atoms with E-state index in [9.17, 15) is 12.8 Å². The first-order valence-electron chi connectivity index (χ1n) is 5.83. The maximum Gasteiger partial charge on any atom is 0.242 e. The second-order valence-corrected chi connectivity index (χ2v) is 6.81. The molecule has 0 saturated carbocycles. The van der Waals surface area contributed by atoms with E-state index in [0.717, 1.165) is 12.1 Å². The van der Waals surface area contributed by atoms with Crippen LogP contribution >= 0.6 is 15.9 Å². The lowest BCUT2D eigenvalue weighted by atomic mass is 10.3. The molecular formula is C11H14BrFN2O4S. The predicted molar refractivity (Wildman–Crippen MR) is 74.3 cm³/mol. The Morgan fingerprint density at radius 1 is 1.45 bits per heavy atom. The highest BCUT2D eigenvalue weighted by atomic mass is 79.9. The van der Waals surface area contributed by atoms with Gasteiger partial charge in [0.25, 0.3) is 0 Å². The van der Waals surface area contributed by atoms with Crippen LogP contribution in [-0.4, -0.2) is 40.9 Å². The van der Waals surface area contributed by atoms with Crippen LogP contribution in [-0.2, 0) is 19.5 Å². The van der Waals surface area contributed by atoms with Gasteiger partial charge < -0.3 is 15.2 Å². The summed E-state index contributed by atoms with van der Waals surface area (Å²) in [5, 5.41) is 0. The van der Waals surface area contributed by atoms with Gasteiger partial charge in [-0.15, -0.1) is 0 Å². The second-order valence-electron chi connectivity index (χ2n) is 4.22. The van der Waals surface area contributed by atoms with Gasteiger partial charge in [0.05, 0.1) is 36.1 Å². The third kappa shape index (κ3) is 3.67. The fourth-order valence-corrected chi connectivity index (χ4v) is 3.41. The molecule has 6 nitrogen and oxygen atoms in total. The number of nitrogens with two attached hydrogens (primary N) is 1. The summed E-state index contributed by atoms with van der Waals surface area (Å²) >= 11 is 2.93. The van der Waals surface area contributed by atoms with Crippen LogP contribution in [0.3, 0.4) is 0 Å². The number of halogens is 2. The Kier molecular flexibility index (Phi) is 4.97. The molecule has 0 spiro atoms. The molecule has 1 aliphatic heterocycles. The summed E-state index contributed by atoms with van der Waals surface area (Å²) in [4.78, 5) is -0.178. The van der Waals surface area contributed by atoms with E-state index < -0.39 is 15.8 Å². The Morgan fingerprint density at radius 3 is 2.85 bits per heavy atom. The molecule has 112 valence electrons. The van der Waals surface area contributed by atoms with E-state index in [1.165, 1.54) is 0 Å². The van der Waals surface area contributed by atoms with Gasteiger partial charge in [-0.3, -0.25) is 0 Å². The summed E-state index contributed by atoms with van der Waals surface area (Å²) < 4.78 is 50.4. The molecule has 1 heterocycles. The van der Waals surface area contributed by atoms with Gasteiger partial charge in [0.1, 0.15) is 10.7 Å². The number of anilines is 1. The normalized spacial score (nSPS) is 20.0. The van der Waals surface area contributed by atoms with E-state index in [4.69, 9.17) is 15.2 Å². The van der Waals surface area contributed by atoms with Crippen LogP contribution in [0.4, 0.5) is 10.1 Å². The minimum atomic E-state index is -3.84. The first kappa shape index (κ1) is 15.6. The van der Waals surface area contributed by atoms with Crippen molar-refractivity contribution in [1.29, 1.82) is 0 Å². The molecule has 0 radical (unpaired) electrons. The van der Waals surface area contributed by atoms with Crippen LogP contribution in [0.1, 0.15) is 0 Å².